The van der Waals surface area contributed by atoms with Gasteiger partial charge in [0.15, 0.2) is 0 Å². The Morgan fingerprint density at radius 3 is 2.29 bits per heavy atom. The summed E-state index contributed by atoms with van der Waals surface area (Å²) in [7, 11) is 0. The van der Waals surface area contributed by atoms with Gasteiger partial charge in [0.25, 0.3) is 0 Å². The minimum Gasteiger partial charge on any atom is -0.492 e. The second-order valence-corrected chi connectivity index (χ2v) is 6.09. The zero-order chi connectivity index (χ0) is 17.4. The molecular weight excluding hydrogens is 298 g/mol. The van der Waals surface area contributed by atoms with Crippen LogP contribution in [0.25, 0.3) is 0 Å². The number of hydrogen-bond acceptors (Lipinski definition) is 3. The first-order valence-corrected chi connectivity index (χ1v) is 8.86. The van der Waals surface area contributed by atoms with Gasteiger partial charge < -0.3 is 14.8 Å². The molecule has 2 aromatic rings. The van der Waals surface area contributed by atoms with Crippen LogP contribution in [0.4, 0.5) is 5.69 Å². The summed E-state index contributed by atoms with van der Waals surface area (Å²) in [5.74, 6) is 2.37. The topological polar surface area (TPSA) is 30.5 Å². The van der Waals surface area contributed by atoms with Crippen LogP contribution in [0.2, 0.25) is 0 Å². The number of rotatable bonds is 9. The monoisotopic (exact) mass is 327 g/mol. The van der Waals surface area contributed by atoms with E-state index in [0.717, 1.165) is 30.2 Å². The van der Waals surface area contributed by atoms with Crippen molar-refractivity contribution < 1.29 is 9.47 Å². The van der Waals surface area contributed by atoms with Crippen LogP contribution in [0.1, 0.15) is 45.6 Å². The lowest BCUT2D eigenvalue weighted by Crippen LogP contribution is -2.23. The van der Waals surface area contributed by atoms with Gasteiger partial charge in [0, 0.05) is 0 Å². The van der Waals surface area contributed by atoms with Gasteiger partial charge in [0.1, 0.15) is 17.6 Å². The predicted octanol–water partition coefficient (Wildman–Crippen LogP) is 5.48. The molecule has 2 aromatic carbocycles. The van der Waals surface area contributed by atoms with Crippen LogP contribution >= 0.6 is 0 Å². The highest BCUT2D eigenvalue weighted by atomic mass is 16.5. The Morgan fingerprint density at radius 2 is 1.58 bits per heavy atom. The van der Waals surface area contributed by atoms with Crippen molar-refractivity contribution in [1.29, 1.82) is 0 Å². The molecule has 24 heavy (non-hydrogen) atoms. The van der Waals surface area contributed by atoms with E-state index < -0.39 is 0 Å². The molecule has 0 aliphatic heterocycles. The first-order chi connectivity index (χ1) is 11.7. The molecular formula is C21H29NO2. The Balaban J connectivity index is 1.98. The van der Waals surface area contributed by atoms with Gasteiger partial charge in [0.2, 0.25) is 0 Å². The van der Waals surface area contributed by atoms with Crippen molar-refractivity contribution >= 4 is 5.69 Å². The standard InChI is InChI=1S/C21H29NO2/c1-5-16(3)18-11-7-9-13-20(18)24-17(4)15-22-19-12-8-10-14-21(19)23-6-2/h7-14,16-17,22H,5-6,15H2,1-4H3. The molecule has 0 spiro atoms. The lowest BCUT2D eigenvalue weighted by Gasteiger charge is -2.21. The van der Waals surface area contributed by atoms with Gasteiger partial charge in [0.05, 0.1) is 18.8 Å². The van der Waals surface area contributed by atoms with E-state index in [-0.39, 0.29) is 6.10 Å². The maximum atomic E-state index is 6.19. The minimum atomic E-state index is 0.0601. The van der Waals surface area contributed by atoms with Gasteiger partial charge in [-0.3, -0.25) is 0 Å². The average Bonchev–Trinajstić information content (AvgIpc) is 2.61. The third-order valence-corrected chi connectivity index (χ3v) is 4.16. The molecule has 0 fully saturated rings. The molecule has 0 aliphatic rings. The number of para-hydroxylation sites is 3. The summed E-state index contributed by atoms with van der Waals surface area (Å²) in [6.07, 6.45) is 1.17. The van der Waals surface area contributed by atoms with E-state index >= 15 is 0 Å². The van der Waals surface area contributed by atoms with Crippen molar-refractivity contribution in [3.8, 4) is 11.5 Å². The lowest BCUT2D eigenvalue weighted by molar-refractivity contribution is 0.231. The van der Waals surface area contributed by atoms with Crippen molar-refractivity contribution in [2.24, 2.45) is 0 Å². The number of nitrogens with one attached hydrogen (secondary N) is 1. The normalized spacial score (nSPS) is 13.2. The fourth-order valence-electron chi connectivity index (χ4n) is 2.62. The van der Waals surface area contributed by atoms with Crippen LogP contribution < -0.4 is 14.8 Å². The number of ether oxygens (including phenoxy) is 2. The van der Waals surface area contributed by atoms with Crippen molar-refractivity contribution in [2.45, 2.75) is 46.1 Å². The molecule has 2 unspecified atom stereocenters. The first kappa shape index (κ1) is 18.2. The van der Waals surface area contributed by atoms with Crippen molar-refractivity contribution in [3.05, 3.63) is 54.1 Å². The molecule has 3 nitrogen and oxygen atoms in total. The third kappa shape index (κ3) is 4.92. The minimum absolute atomic E-state index is 0.0601. The van der Waals surface area contributed by atoms with E-state index in [1.807, 2.05) is 37.3 Å². The highest BCUT2D eigenvalue weighted by molar-refractivity contribution is 5.56. The highest BCUT2D eigenvalue weighted by Crippen LogP contribution is 2.29. The summed E-state index contributed by atoms with van der Waals surface area (Å²) < 4.78 is 11.8. The summed E-state index contributed by atoms with van der Waals surface area (Å²) in [4.78, 5) is 0. The molecule has 0 bridgehead atoms. The molecule has 0 heterocycles. The maximum Gasteiger partial charge on any atom is 0.142 e. The van der Waals surface area contributed by atoms with E-state index in [4.69, 9.17) is 9.47 Å². The molecule has 0 saturated carbocycles. The van der Waals surface area contributed by atoms with E-state index in [1.165, 1.54) is 5.56 Å². The average molecular weight is 327 g/mol. The smallest absolute Gasteiger partial charge is 0.142 e. The Labute approximate surface area is 146 Å². The Kier molecular flexibility index (Phi) is 6.98. The summed E-state index contributed by atoms with van der Waals surface area (Å²) in [6.45, 7) is 9.91. The van der Waals surface area contributed by atoms with Crippen LogP contribution in [0.15, 0.2) is 48.5 Å². The van der Waals surface area contributed by atoms with Crippen LogP contribution in [-0.2, 0) is 0 Å². The number of hydrogen-bond donors (Lipinski definition) is 1. The van der Waals surface area contributed by atoms with Crippen molar-refractivity contribution in [1.82, 2.24) is 0 Å². The molecule has 130 valence electrons. The molecule has 2 rings (SSSR count). The third-order valence-electron chi connectivity index (χ3n) is 4.16. The molecule has 1 N–H and O–H groups in total. The summed E-state index contributed by atoms with van der Waals surface area (Å²) in [5, 5.41) is 3.43. The van der Waals surface area contributed by atoms with Crippen molar-refractivity contribution in [2.75, 3.05) is 18.5 Å². The van der Waals surface area contributed by atoms with Gasteiger partial charge in [-0.05, 0) is 49.9 Å². The Hall–Kier alpha value is -2.16. The van der Waals surface area contributed by atoms with Crippen LogP contribution in [0, 0.1) is 0 Å². The summed E-state index contributed by atoms with van der Waals surface area (Å²) >= 11 is 0. The fraction of sp³-hybridized carbons (Fsp3) is 0.429. The largest absolute Gasteiger partial charge is 0.492 e. The first-order valence-electron chi connectivity index (χ1n) is 8.86. The second kappa shape index (κ2) is 9.21. The van der Waals surface area contributed by atoms with Gasteiger partial charge in [-0.15, -0.1) is 0 Å². The van der Waals surface area contributed by atoms with E-state index in [2.05, 4.69) is 44.3 Å². The molecule has 2 atom stereocenters. The maximum absolute atomic E-state index is 6.19. The quantitative estimate of drug-likeness (QED) is 0.661. The van der Waals surface area contributed by atoms with Crippen molar-refractivity contribution in [3.63, 3.8) is 0 Å². The van der Waals surface area contributed by atoms with Crippen LogP contribution in [0.3, 0.4) is 0 Å². The fourth-order valence-corrected chi connectivity index (χ4v) is 2.62. The zero-order valence-electron chi connectivity index (χ0n) is 15.2. The Bertz CT molecular complexity index is 627. The van der Waals surface area contributed by atoms with E-state index in [1.54, 1.807) is 0 Å². The summed E-state index contributed by atoms with van der Waals surface area (Å²) in [5.41, 5.74) is 2.28. The number of anilines is 1. The molecule has 0 radical (unpaired) electrons. The van der Waals surface area contributed by atoms with Crippen LogP contribution in [-0.4, -0.2) is 19.3 Å². The number of benzene rings is 2. The van der Waals surface area contributed by atoms with Gasteiger partial charge in [-0.25, -0.2) is 0 Å². The molecule has 0 amide bonds. The molecule has 3 heteroatoms. The molecule has 0 saturated heterocycles. The van der Waals surface area contributed by atoms with E-state index in [0.29, 0.717) is 12.5 Å². The molecule has 0 aromatic heterocycles. The van der Waals surface area contributed by atoms with E-state index in [9.17, 15) is 0 Å². The van der Waals surface area contributed by atoms with Gasteiger partial charge >= 0.3 is 0 Å². The Morgan fingerprint density at radius 1 is 0.917 bits per heavy atom. The lowest BCUT2D eigenvalue weighted by atomic mass is 9.98. The predicted molar refractivity (Wildman–Crippen MR) is 101 cm³/mol. The SMILES string of the molecule is CCOc1ccccc1NCC(C)Oc1ccccc1C(C)CC. The van der Waals surface area contributed by atoms with Gasteiger partial charge in [-0.1, -0.05) is 44.2 Å². The summed E-state index contributed by atoms with van der Waals surface area (Å²) in [6, 6.07) is 16.3. The zero-order valence-corrected chi connectivity index (χ0v) is 15.2. The highest BCUT2D eigenvalue weighted by Gasteiger charge is 2.12. The second-order valence-electron chi connectivity index (χ2n) is 6.09. The molecule has 0 aliphatic carbocycles. The van der Waals surface area contributed by atoms with Crippen LogP contribution in [0.5, 0.6) is 11.5 Å². The van der Waals surface area contributed by atoms with Gasteiger partial charge in [-0.2, -0.15) is 0 Å².